The molecule has 0 saturated carbocycles. The van der Waals surface area contributed by atoms with Crippen LogP contribution in [0.15, 0.2) is 53.6 Å². The third kappa shape index (κ3) is 6.19. The molecule has 0 fully saturated rings. The maximum absolute atomic E-state index is 15.1. The second-order valence-electron chi connectivity index (χ2n) is 9.47. The van der Waals surface area contributed by atoms with Gasteiger partial charge in [-0.1, -0.05) is 13.0 Å². The van der Waals surface area contributed by atoms with Crippen molar-refractivity contribution < 1.29 is 27.1 Å². The molecule has 4 rings (SSSR count). The lowest BCUT2D eigenvalue weighted by Gasteiger charge is -2.22. The number of hydrogen-bond donors (Lipinski definition) is 1. The van der Waals surface area contributed by atoms with Crippen molar-refractivity contribution in [3.8, 4) is 16.9 Å². The van der Waals surface area contributed by atoms with Gasteiger partial charge < -0.3 is 20.3 Å². The van der Waals surface area contributed by atoms with Gasteiger partial charge in [-0.05, 0) is 48.4 Å². The Morgan fingerprint density at radius 2 is 1.90 bits per heavy atom. The van der Waals surface area contributed by atoms with E-state index in [9.17, 15) is 18.0 Å². The van der Waals surface area contributed by atoms with Crippen molar-refractivity contribution in [2.75, 3.05) is 37.9 Å². The van der Waals surface area contributed by atoms with Crippen LogP contribution < -0.4 is 15.4 Å². The predicted octanol–water partition coefficient (Wildman–Crippen LogP) is 3.20. The summed E-state index contributed by atoms with van der Waals surface area (Å²) in [6.07, 6.45) is 3.08. The molecular formula is C28H31FN4O5S. The number of carbonyl (C=O) groups excluding carboxylic acids is 2. The summed E-state index contributed by atoms with van der Waals surface area (Å²) in [5.74, 6) is -0.288. The van der Waals surface area contributed by atoms with E-state index in [-0.39, 0.29) is 49.6 Å². The molecule has 0 bridgehead atoms. The third-order valence-corrected chi connectivity index (χ3v) is 7.80. The van der Waals surface area contributed by atoms with Crippen LogP contribution in [0.3, 0.4) is 0 Å². The van der Waals surface area contributed by atoms with E-state index in [4.69, 9.17) is 10.5 Å². The quantitative estimate of drug-likeness (QED) is 0.454. The lowest BCUT2D eigenvalue weighted by atomic mass is 10.0. The van der Waals surface area contributed by atoms with Gasteiger partial charge in [-0.2, -0.15) is 0 Å². The van der Waals surface area contributed by atoms with E-state index < -0.39 is 26.5 Å². The molecule has 2 heterocycles. The summed E-state index contributed by atoms with van der Waals surface area (Å²) in [5.41, 5.74) is 7.97. The van der Waals surface area contributed by atoms with Crippen molar-refractivity contribution in [3.05, 3.63) is 71.2 Å². The number of anilines is 1. The zero-order valence-electron chi connectivity index (χ0n) is 22.1. The molecule has 11 heteroatoms. The van der Waals surface area contributed by atoms with Crippen LogP contribution in [0.2, 0.25) is 0 Å². The van der Waals surface area contributed by atoms with Gasteiger partial charge in [0.15, 0.2) is 9.84 Å². The minimum absolute atomic E-state index is 0.0778. The fourth-order valence-electron chi connectivity index (χ4n) is 4.52. The Balaban J connectivity index is 1.58. The smallest absolute Gasteiger partial charge is 0.254 e. The van der Waals surface area contributed by atoms with Crippen LogP contribution in [0.25, 0.3) is 11.1 Å². The molecular weight excluding hydrogens is 523 g/mol. The number of benzene rings is 2. The van der Waals surface area contributed by atoms with Crippen LogP contribution in [0.1, 0.15) is 34.8 Å². The van der Waals surface area contributed by atoms with Gasteiger partial charge in [-0.25, -0.2) is 17.8 Å². The van der Waals surface area contributed by atoms with Gasteiger partial charge in [0.1, 0.15) is 28.9 Å². The van der Waals surface area contributed by atoms with Gasteiger partial charge >= 0.3 is 0 Å². The molecule has 0 unspecified atom stereocenters. The van der Waals surface area contributed by atoms with Gasteiger partial charge in [0.05, 0.1) is 6.54 Å². The van der Waals surface area contributed by atoms with Crippen molar-refractivity contribution in [1.29, 1.82) is 0 Å². The van der Waals surface area contributed by atoms with Gasteiger partial charge in [-0.3, -0.25) is 9.59 Å². The van der Waals surface area contributed by atoms with Crippen molar-refractivity contribution in [2.24, 2.45) is 5.73 Å². The lowest BCUT2D eigenvalue weighted by molar-refractivity contribution is -0.117. The Morgan fingerprint density at radius 3 is 2.54 bits per heavy atom. The van der Waals surface area contributed by atoms with E-state index in [1.165, 1.54) is 6.07 Å². The maximum Gasteiger partial charge on any atom is 0.254 e. The van der Waals surface area contributed by atoms with E-state index in [1.807, 2.05) is 42.3 Å². The maximum atomic E-state index is 15.1. The molecule has 0 spiro atoms. The molecule has 2 aromatic carbocycles. The number of carbonyl (C=O) groups is 2. The number of pyridine rings is 1. The predicted molar refractivity (Wildman–Crippen MR) is 146 cm³/mol. The molecule has 9 nitrogen and oxygen atoms in total. The van der Waals surface area contributed by atoms with E-state index in [1.54, 1.807) is 18.0 Å². The molecule has 0 aliphatic carbocycles. The van der Waals surface area contributed by atoms with E-state index in [0.717, 1.165) is 29.0 Å². The zero-order valence-corrected chi connectivity index (χ0v) is 22.9. The summed E-state index contributed by atoms with van der Waals surface area (Å²) >= 11 is 0. The Kier molecular flexibility index (Phi) is 8.19. The number of hydrogen-bond acceptors (Lipinski definition) is 7. The Labute approximate surface area is 227 Å². The first-order valence-electron chi connectivity index (χ1n) is 12.5. The van der Waals surface area contributed by atoms with Crippen molar-refractivity contribution >= 4 is 27.5 Å². The number of aromatic nitrogens is 1. The van der Waals surface area contributed by atoms with E-state index in [2.05, 4.69) is 4.98 Å². The minimum atomic E-state index is -3.77. The number of fused-ring (bicyclic) bond motifs is 1. The molecule has 2 amide bonds. The summed E-state index contributed by atoms with van der Waals surface area (Å²) in [6, 6.07) is 12.0. The average molecular weight is 555 g/mol. The number of sulfone groups is 1. The Bertz CT molecular complexity index is 1510. The first-order valence-corrected chi connectivity index (χ1v) is 14.4. The highest BCUT2D eigenvalue weighted by molar-refractivity contribution is 7.90. The number of nitrogens with zero attached hydrogens (tertiary/aromatic N) is 3. The van der Waals surface area contributed by atoms with Crippen LogP contribution in [0.5, 0.6) is 5.75 Å². The largest absolute Gasteiger partial charge is 0.491 e. The van der Waals surface area contributed by atoms with Crippen LogP contribution in [0, 0.1) is 5.82 Å². The van der Waals surface area contributed by atoms with Crippen molar-refractivity contribution in [1.82, 2.24) is 9.88 Å². The summed E-state index contributed by atoms with van der Waals surface area (Å²) in [7, 11) is -1.94. The SMILES string of the molecule is CCc1c(C(=O)N2CCOc3ccc(-c4ccc(N(C)CCC(N)=O)nc4)cc3C2)ccc(S(C)(=O)=O)c1F. The highest BCUT2D eigenvalue weighted by Gasteiger charge is 2.27. The Hall–Kier alpha value is -3.99. The van der Waals surface area contributed by atoms with E-state index in [0.29, 0.717) is 18.1 Å². The van der Waals surface area contributed by atoms with Crippen molar-refractivity contribution in [3.63, 3.8) is 0 Å². The second kappa shape index (κ2) is 11.4. The van der Waals surface area contributed by atoms with Crippen LogP contribution in [-0.4, -0.2) is 63.1 Å². The van der Waals surface area contributed by atoms with Crippen molar-refractivity contribution in [2.45, 2.75) is 31.2 Å². The Morgan fingerprint density at radius 1 is 1.15 bits per heavy atom. The highest BCUT2D eigenvalue weighted by Crippen LogP contribution is 2.31. The number of rotatable bonds is 8. The zero-order chi connectivity index (χ0) is 28.3. The molecule has 1 aromatic heterocycles. The topological polar surface area (TPSA) is 123 Å². The monoisotopic (exact) mass is 554 g/mol. The number of ether oxygens (including phenoxy) is 1. The van der Waals surface area contributed by atoms with Gasteiger partial charge in [0.25, 0.3) is 5.91 Å². The molecule has 1 aliphatic rings. The van der Waals surface area contributed by atoms with Gasteiger partial charge in [-0.15, -0.1) is 0 Å². The molecule has 2 N–H and O–H groups in total. The average Bonchev–Trinajstić information content (AvgIpc) is 3.12. The lowest BCUT2D eigenvalue weighted by Crippen LogP contribution is -2.33. The molecule has 0 saturated heterocycles. The first-order chi connectivity index (χ1) is 18.5. The molecule has 206 valence electrons. The van der Waals surface area contributed by atoms with Crippen LogP contribution in [-0.2, 0) is 27.6 Å². The van der Waals surface area contributed by atoms with Gasteiger partial charge in [0, 0.05) is 61.3 Å². The van der Waals surface area contributed by atoms with Crippen LogP contribution in [0.4, 0.5) is 10.2 Å². The van der Waals surface area contributed by atoms with Crippen LogP contribution >= 0.6 is 0 Å². The number of amides is 2. The highest BCUT2D eigenvalue weighted by atomic mass is 32.2. The third-order valence-electron chi connectivity index (χ3n) is 6.68. The second-order valence-corrected chi connectivity index (χ2v) is 11.5. The molecule has 1 aliphatic heterocycles. The van der Waals surface area contributed by atoms with Gasteiger partial charge in [0.2, 0.25) is 5.91 Å². The molecule has 0 atom stereocenters. The summed E-state index contributed by atoms with van der Waals surface area (Å²) in [5, 5.41) is 0. The fourth-order valence-corrected chi connectivity index (χ4v) is 5.29. The summed E-state index contributed by atoms with van der Waals surface area (Å²) in [4.78, 5) is 32.1. The summed E-state index contributed by atoms with van der Waals surface area (Å²) in [6.45, 7) is 2.93. The summed E-state index contributed by atoms with van der Waals surface area (Å²) < 4.78 is 44.9. The van der Waals surface area contributed by atoms with E-state index >= 15 is 4.39 Å². The number of primary amides is 1. The first kappa shape index (κ1) is 28.0. The number of nitrogens with two attached hydrogens (primary N) is 1. The fraction of sp³-hybridized carbons (Fsp3) is 0.321. The standard InChI is InChI=1S/C28H31FN4O5S/c1-4-21-22(7-9-24(27(21)29)39(3,36)37)28(35)33-13-14-38-23-8-5-18(15-20(23)17-33)19-6-10-26(31-16-19)32(2)12-11-25(30)34/h5-10,15-16H,4,11-14,17H2,1-3H3,(H2,30,34). The normalized spacial score (nSPS) is 13.3. The molecule has 3 aromatic rings. The molecule has 0 radical (unpaired) electrons. The number of halogens is 1. The minimum Gasteiger partial charge on any atom is -0.491 e. The molecule has 39 heavy (non-hydrogen) atoms.